The first kappa shape index (κ1) is 11.3. The summed E-state index contributed by atoms with van der Waals surface area (Å²) in [5, 5.41) is 8.98. The third kappa shape index (κ3) is 2.72. The third-order valence-electron chi connectivity index (χ3n) is 1.82. The highest BCUT2D eigenvalue weighted by atomic mass is 35.5. The van der Waals surface area contributed by atoms with Gasteiger partial charge in [0.25, 0.3) is 0 Å². The molecule has 0 amide bonds. The first-order valence-electron chi connectivity index (χ1n) is 3.73. The number of hydrogen-bond donors (Lipinski definition) is 2. The number of rotatable bonds is 2. The summed E-state index contributed by atoms with van der Waals surface area (Å²) < 4.78 is 0. The molecule has 0 aliphatic heterocycles. The summed E-state index contributed by atoms with van der Waals surface area (Å²) in [6.45, 7) is 2.71. The van der Waals surface area contributed by atoms with Crippen LogP contribution in [0, 0.1) is 0 Å². The lowest BCUT2D eigenvalue weighted by molar-refractivity contribution is 0.475. The lowest BCUT2D eigenvalue weighted by Gasteiger charge is -2.07. The highest BCUT2D eigenvalue weighted by Crippen LogP contribution is 2.16. The van der Waals surface area contributed by atoms with Gasteiger partial charge in [-0.05, 0) is 30.2 Å². The molecular weight excluding hydrogens is 174 g/mol. The summed E-state index contributed by atoms with van der Waals surface area (Å²) in [5.41, 5.74) is 6.65. The van der Waals surface area contributed by atoms with Gasteiger partial charge in [0.1, 0.15) is 5.75 Å². The van der Waals surface area contributed by atoms with Crippen LogP contribution in [0.25, 0.3) is 0 Å². The molecule has 0 aliphatic carbocycles. The summed E-state index contributed by atoms with van der Waals surface area (Å²) in [6.07, 6.45) is 0. The maximum Gasteiger partial charge on any atom is 0.115 e. The van der Waals surface area contributed by atoms with Crippen LogP contribution in [0.1, 0.15) is 18.4 Å². The molecule has 68 valence electrons. The molecule has 1 aromatic rings. The molecule has 12 heavy (non-hydrogen) atoms. The van der Waals surface area contributed by atoms with E-state index < -0.39 is 0 Å². The second kappa shape index (κ2) is 5.01. The number of hydrogen-bond acceptors (Lipinski definition) is 2. The second-order valence-electron chi connectivity index (χ2n) is 2.73. The van der Waals surface area contributed by atoms with Crippen LogP contribution in [0.5, 0.6) is 5.75 Å². The minimum atomic E-state index is 0. The van der Waals surface area contributed by atoms with Crippen molar-refractivity contribution in [3.8, 4) is 5.75 Å². The Bertz CT molecular complexity index is 222. The molecule has 1 aromatic carbocycles. The normalized spacial score (nSPS) is 11.8. The van der Waals surface area contributed by atoms with E-state index in [2.05, 4.69) is 6.92 Å². The second-order valence-corrected chi connectivity index (χ2v) is 2.73. The number of phenols is 1. The van der Waals surface area contributed by atoms with Gasteiger partial charge in [-0.3, -0.25) is 0 Å². The van der Waals surface area contributed by atoms with Crippen molar-refractivity contribution >= 4 is 12.4 Å². The first-order valence-corrected chi connectivity index (χ1v) is 3.73. The Labute approximate surface area is 78.8 Å². The monoisotopic (exact) mass is 187 g/mol. The summed E-state index contributed by atoms with van der Waals surface area (Å²) in [5.74, 6) is 0.675. The van der Waals surface area contributed by atoms with Crippen LogP contribution in [0.3, 0.4) is 0 Å². The van der Waals surface area contributed by atoms with E-state index in [9.17, 15) is 0 Å². The lowest BCUT2D eigenvalue weighted by Crippen LogP contribution is -2.08. The van der Waals surface area contributed by atoms with Gasteiger partial charge in [0.2, 0.25) is 0 Å². The van der Waals surface area contributed by atoms with E-state index in [-0.39, 0.29) is 12.4 Å². The minimum absolute atomic E-state index is 0. The predicted molar refractivity (Wildman–Crippen MR) is 52.8 cm³/mol. The fourth-order valence-electron chi connectivity index (χ4n) is 0.939. The van der Waals surface area contributed by atoms with E-state index in [1.807, 2.05) is 12.1 Å². The molecule has 0 saturated carbocycles. The molecule has 0 spiro atoms. The molecule has 0 saturated heterocycles. The Kier molecular flexibility index (Phi) is 4.71. The van der Waals surface area contributed by atoms with Crippen molar-refractivity contribution in [2.24, 2.45) is 5.73 Å². The van der Waals surface area contributed by atoms with Crippen LogP contribution in [-0.4, -0.2) is 11.7 Å². The Morgan fingerprint density at radius 3 is 2.25 bits per heavy atom. The average molecular weight is 188 g/mol. The molecule has 3 N–H and O–H groups in total. The maximum atomic E-state index is 8.98. The average Bonchev–Trinajstić information content (AvgIpc) is 2.05. The quantitative estimate of drug-likeness (QED) is 0.743. The smallest absolute Gasteiger partial charge is 0.115 e. The van der Waals surface area contributed by atoms with E-state index in [0.717, 1.165) is 0 Å². The number of benzene rings is 1. The van der Waals surface area contributed by atoms with Crippen molar-refractivity contribution < 1.29 is 5.11 Å². The zero-order valence-corrected chi connectivity index (χ0v) is 7.84. The van der Waals surface area contributed by atoms with Gasteiger partial charge < -0.3 is 10.8 Å². The van der Waals surface area contributed by atoms with Gasteiger partial charge in [-0.15, -0.1) is 12.4 Å². The number of aromatic hydroxyl groups is 1. The zero-order chi connectivity index (χ0) is 8.27. The van der Waals surface area contributed by atoms with E-state index >= 15 is 0 Å². The lowest BCUT2D eigenvalue weighted by atomic mass is 10.0. The Hall–Kier alpha value is -0.730. The van der Waals surface area contributed by atoms with E-state index in [1.54, 1.807) is 12.1 Å². The molecule has 0 aliphatic rings. The fraction of sp³-hybridized carbons (Fsp3) is 0.333. The van der Waals surface area contributed by atoms with Gasteiger partial charge in [0, 0.05) is 0 Å². The highest BCUT2D eigenvalue weighted by Gasteiger charge is 2.01. The summed E-state index contributed by atoms with van der Waals surface area (Å²) >= 11 is 0. The molecular formula is C9H14ClNO. The Morgan fingerprint density at radius 1 is 1.33 bits per heavy atom. The predicted octanol–water partition coefficient (Wildman–Crippen LogP) is 1.88. The van der Waals surface area contributed by atoms with E-state index in [1.165, 1.54) is 5.56 Å². The largest absolute Gasteiger partial charge is 0.508 e. The highest BCUT2D eigenvalue weighted by molar-refractivity contribution is 5.85. The molecule has 1 rings (SSSR count). The zero-order valence-electron chi connectivity index (χ0n) is 7.03. The van der Waals surface area contributed by atoms with Crippen LogP contribution >= 0.6 is 12.4 Å². The van der Waals surface area contributed by atoms with Crippen molar-refractivity contribution in [2.75, 3.05) is 6.54 Å². The molecule has 0 heterocycles. The standard InChI is InChI=1S/C9H13NO.ClH/c1-7(6-10)8-2-4-9(11)5-3-8;/h2-5,7,11H,6,10H2,1H3;1H. The van der Waals surface area contributed by atoms with Gasteiger partial charge in [-0.1, -0.05) is 19.1 Å². The molecule has 0 aromatic heterocycles. The minimum Gasteiger partial charge on any atom is -0.508 e. The van der Waals surface area contributed by atoms with Gasteiger partial charge >= 0.3 is 0 Å². The molecule has 0 bridgehead atoms. The van der Waals surface area contributed by atoms with E-state index in [0.29, 0.717) is 18.2 Å². The van der Waals surface area contributed by atoms with Crippen LogP contribution in [0.2, 0.25) is 0 Å². The van der Waals surface area contributed by atoms with Crippen molar-refractivity contribution in [1.82, 2.24) is 0 Å². The van der Waals surface area contributed by atoms with E-state index in [4.69, 9.17) is 10.8 Å². The van der Waals surface area contributed by atoms with Crippen LogP contribution in [-0.2, 0) is 0 Å². The molecule has 3 heteroatoms. The number of phenolic OH excluding ortho intramolecular Hbond substituents is 1. The van der Waals surface area contributed by atoms with Crippen LogP contribution in [0.4, 0.5) is 0 Å². The van der Waals surface area contributed by atoms with Gasteiger partial charge in [0.05, 0.1) is 0 Å². The number of nitrogens with two attached hydrogens (primary N) is 1. The molecule has 1 unspecified atom stereocenters. The summed E-state index contributed by atoms with van der Waals surface area (Å²) in [4.78, 5) is 0. The topological polar surface area (TPSA) is 46.2 Å². The molecule has 0 radical (unpaired) electrons. The summed E-state index contributed by atoms with van der Waals surface area (Å²) in [7, 11) is 0. The maximum absolute atomic E-state index is 8.98. The molecule has 2 nitrogen and oxygen atoms in total. The first-order chi connectivity index (χ1) is 5.24. The van der Waals surface area contributed by atoms with Crippen LogP contribution in [0.15, 0.2) is 24.3 Å². The SMILES string of the molecule is CC(CN)c1ccc(O)cc1.Cl. The Balaban J connectivity index is 0.00000121. The number of halogens is 1. The van der Waals surface area contributed by atoms with Crippen molar-refractivity contribution in [2.45, 2.75) is 12.8 Å². The Morgan fingerprint density at radius 2 is 1.83 bits per heavy atom. The van der Waals surface area contributed by atoms with Gasteiger partial charge in [-0.25, -0.2) is 0 Å². The molecule has 0 fully saturated rings. The van der Waals surface area contributed by atoms with Crippen molar-refractivity contribution in [3.05, 3.63) is 29.8 Å². The van der Waals surface area contributed by atoms with Gasteiger partial charge in [-0.2, -0.15) is 0 Å². The summed E-state index contributed by atoms with van der Waals surface area (Å²) in [6, 6.07) is 7.16. The van der Waals surface area contributed by atoms with Crippen molar-refractivity contribution in [1.29, 1.82) is 0 Å². The third-order valence-corrected chi connectivity index (χ3v) is 1.82. The fourth-order valence-corrected chi connectivity index (χ4v) is 0.939. The van der Waals surface area contributed by atoms with Crippen LogP contribution < -0.4 is 5.73 Å². The van der Waals surface area contributed by atoms with Crippen molar-refractivity contribution in [3.63, 3.8) is 0 Å². The van der Waals surface area contributed by atoms with Gasteiger partial charge in [0.15, 0.2) is 0 Å². The molecule has 1 atom stereocenters.